The van der Waals surface area contributed by atoms with Gasteiger partial charge in [0.15, 0.2) is 6.61 Å². The van der Waals surface area contributed by atoms with Crippen LogP contribution in [0.4, 0.5) is 10.5 Å². The van der Waals surface area contributed by atoms with E-state index in [2.05, 4.69) is 10.7 Å². The summed E-state index contributed by atoms with van der Waals surface area (Å²) >= 11 is 0. The molecule has 0 fully saturated rings. The molecule has 0 unspecified atom stereocenters. The number of carbonyl (C=O) groups is 2. The molecule has 0 aromatic heterocycles. The molecular weight excluding hydrogens is 248 g/mol. The van der Waals surface area contributed by atoms with Gasteiger partial charge in [0.1, 0.15) is 5.75 Å². The Hall–Kier alpha value is -2.28. The lowest BCUT2D eigenvalue weighted by molar-refractivity contribution is -0.118. The number of rotatable bonds is 3. The number of hydrogen-bond donors (Lipinski definition) is 3. The summed E-state index contributed by atoms with van der Waals surface area (Å²) in [5.74, 6) is 5.54. The van der Waals surface area contributed by atoms with E-state index >= 15 is 0 Å². The lowest BCUT2D eigenvalue weighted by Crippen LogP contribution is -2.41. The van der Waals surface area contributed by atoms with E-state index in [-0.39, 0.29) is 18.5 Å². The number of amides is 3. The van der Waals surface area contributed by atoms with Gasteiger partial charge in [0.25, 0.3) is 5.91 Å². The fourth-order valence-electron chi connectivity index (χ4n) is 1.79. The van der Waals surface area contributed by atoms with Crippen molar-refractivity contribution in [1.29, 1.82) is 0 Å². The number of nitrogens with two attached hydrogens (primary N) is 1. The first kappa shape index (κ1) is 13.2. The zero-order valence-corrected chi connectivity index (χ0v) is 10.6. The zero-order chi connectivity index (χ0) is 13.8. The largest absolute Gasteiger partial charge is 0.482 e. The van der Waals surface area contributed by atoms with Crippen molar-refractivity contribution in [1.82, 2.24) is 10.3 Å². The maximum Gasteiger partial charge on any atom is 0.331 e. The van der Waals surface area contributed by atoms with Gasteiger partial charge >= 0.3 is 6.03 Å². The van der Waals surface area contributed by atoms with Crippen molar-refractivity contribution in [2.45, 2.75) is 6.42 Å². The van der Waals surface area contributed by atoms with Gasteiger partial charge in [-0.25, -0.2) is 10.6 Å². The second-order valence-electron chi connectivity index (χ2n) is 4.29. The standard InChI is InChI=1S/C12H16N4O3/c1-16(12(18)15-13)5-4-8-2-3-10-9(6-8)14-11(17)7-19-10/h2-3,6H,4-5,7,13H2,1H3,(H,14,17)(H,15,18). The van der Waals surface area contributed by atoms with Crippen LogP contribution in [0.5, 0.6) is 5.75 Å². The average Bonchev–Trinajstić information content (AvgIpc) is 2.43. The number of urea groups is 1. The lowest BCUT2D eigenvalue weighted by atomic mass is 10.1. The van der Waals surface area contributed by atoms with Crippen molar-refractivity contribution in [2.75, 3.05) is 25.5 Å². The molecule has 19 heavy (non-hydrogen) atoms. The van der Waals surface area contributed by atoms with E-state index in [1.807, 2.05) is 18.2 Å². The smallest absolute Gasteiger partial charge is 0.331 e. The number of anilines is 1. The first-order chi connectivity index (χ1) is 9.10. The monoisotopic (exact) mass is 264 g/mol. The number of ether oxygens (including phenoxy) is 1. The first-order valence-electron chi connectivity index (χ1n) is 5.87. The second-order valence-corrected chi connectivity index (χ2v) is 4.29. The number of fused-ring (bicyclic) bond motifs is 1. The maximum absolute atomic E-state index is 11.2. The van der Waals surface area contributed by atoms with Crippen LogP contribution in [0, 0.1) is 0 Å². The van der Waals surface area contributed by atoms with Crippen LogP contribution in [0.1, 0.15) is 5.56 Å². The minimum absolute atomic E-state index is 0.0474. The molecule has 1 aromatic carbocycles. The van der Waals surface area contributed by atoms with Gasteiger partial charge in [-0.15, -0.1) is 0 Å². The van der Waals surface area contributed by atoms with Gasteiger partial charge < -0.3 is 15.0 Å². The SMILES string of the molecule is CN(CCc1ccc2c(c1)NC(=O)CO2)C(=O)NN. The van der Waals surface area contributed by atoms with E-state index in [1.54, 1.807) is 7.05 Å². The highest BCUT2D eigenvalue weighted by Gasteiger charge is 2.16. The molecule has 3 amide bonds. The quantitative estimate of drug-likeness (QED) is 0.409. The number of nitrogens with zero attached hydrogens (tertiary/aromatic N) is 1. The van der Waals surface area contributed by atoms with E-state index in [4.69, 9.17) is 10.6 Å². The molecule has 1 aromatic rings. The molecule has 0 radical (unpaired) electrons. The predicted octanol–water partition coefficient (Wildman–Crippen LogP) is 0.0751. The Kier molecular flexibility index (Phi) is 3.86. The minimum Gasteiger partial charge on any atom is -0.482 e. The van der Waals surface area contributed by atoms with Crippen LogP contribution < -0.4 is 21.3 Å². The van der Waals surface area contributed by atoms with Crippen molar-refractivity contribution in [2.24, 2.45) is 5.84 Å². The molecule has 0 aliphatic carbocycles. The average molecular weight is 264 g/mol. The van der Waals surface area contributed by atoms with Gasteiger partial charge in [0, 0.05) is 13.6 Å². The van der Waals surface area contributed by atoms with Gasteiger partial charge in [-0.2, -0.15) is 0 Å². The Morgan fingerprint density at radius 1 is 1.58 bits per heavy atom. The molecule has 0 saturated heterocycles. The molecule has 102 valence electrons. The van der Waals surface area contributed by atoms with Crippen molar-refractivity contribution < 1.29 is 14.3 Å². The summed E-state index contributed by atoms with van der Waals surface area (Å²) in [5.41, 5.74) is 3.73. The summed E-state index contributed by atoms with van der Waals surface area (Å²) in [6.07, 6.45) is 0.660. The first-order valence-corrected chi connectivity index (χ1v) is 5.87. The normalized spacial score (nSPS) is 13.1. The molecule has 1 aliphatic heterocycles. The predicted molar refractivity (Wildman–Crippen MR) is 69.6 cm³/mol. The Labute approximate surface area is 110 Å². The van der Waals surface area contributed by atoms with Crippen molar-refractivity contribution >= 4 is 17.6 Å². The highest BCUT2D eigenvalue weighted by atomic mass is 16.5. The van der Waals surface area contributed by atoms with E-state index < -0.39 is 0 Å². The molecule has 7 nitrogen and oxygen atoms in total. The number of carbonyl (C=O) groups excluding carboxylic acids is 2. The van der Waals surface area contributed by atoms with Gasteiger partial charge in [-0.05, 0) is 24.1 Å². The fourth-order valence-corrected chi connectivity index (χ4v) is 1.79. The Morgan fingerprint density at radius 2 is 2.37 bits per heavy atom. The van der Waals surface area contributed by atoms with Crippen LogP contribution in [0.25, 0.3) is 0 Å². The third-order valence-corrected chi connectivity index (χ3v) is 2.88. The Balaban J connectivity index is 2.00. The van der Waals surface area contributed by atoms with E-state index in [1.165, 1.54) is 4.90 Å². The fraction of sp³-hybridized carbons (Fsp3) is 0.333. The number of hydrazine groups is 1. The lowest BCUT2D eigenvalue weighted by Gasteiger charge is -2.19. The van der Waals surface area contributed by atoms with E-state index in [0.29, 0.717) is 24.4 Å². The van der Waals surface area contributed by atoms with Crippen LogP contribution in [-0.2, 0) is 11.2 Å². The van der Waals surface area contributed by atoms with Crippen molar-refractivity contribution in [3.05, 3.63) is 23.8 Å². The molecule has 0 saturated carbocycles. The number of benzene rings is 1. The molecule has 1 aliphatic rings. The summed E-state index contributed by atoms with van der Waals surface area (Å²) < 4.78 is 5.27. The molecule has 1 heterocycles. The van der Waals surface area contributed by atoms with Gasteiger partial charge in [0.05, 0.1) is 5.69 Å². The molecule has 0 bridgehead atoms. The maximum atomic E-state index is 11.2. The van der Waals surface area contributed by atoms with Crippen LogP contribution in [0.2, 0.25) is 0 Å². The summed E-state index contributed by atoms with van der Waals surface area (Å²) in [5, 5.41) is 2.75. The number of likely N-dealkylation sites (N-methyl/N-ethyl adjacent to an activating group) is 1. The molecule has 2 rings (SSSR count). The van der Waals surface area contributed by atoms with Gasteiger partial charge in [-0.3, -0.25) is 10.2 Å². The van der Waals surface area contributed by atoms with E-state index in [9.17, 15) is 9.59 Å². The minimum atomic E-state index is -0.338. The Bertz CT molecular complexity index is 504. The third-order valence-electron chi connectivity index (χ3n) is 2.88. The third kappa shape index (κ3) is 3.14. The summed E-state index contributed by atoms with van der Waals surface area (Å²) in [7, 11) is 1.66. The number of nitrogens with one attached hydrogen (secondary N) is 2. The second kappa shape index (κ2) is 5.57. The van der Waals surface area contributed by atoms with Crippen LogP contribution in [0.3, 0.4) is 0 Å². The van der Waals surface area contributed by atoms with E-state index in [0.717, 1.165) is 5.56 Å². The Morgan fingerprint density at radius 3 is 3.11 bits per heavy atom. The van der Waals surface area contributed by atoms with Crippen LogP contribution >= 0.6 is 0 Å². The van der Waals surface area contributed by atoms with Crippen LogP contribution in [0.15, 0.2) is 18.2 Å². The molecule has 4 N–H and O–H groups in total. The summed E-state index contributed by atoms with van der Waals surface area (Å²) in [6.45, 7) is 0.572. The molecule has 0 atom stereocenters. The summed E-state index contributed by atoms with van der Waals surface area (Å²) in [4.78, 5) is 23.9. The molecule has 7 heteroatoms. The highest BCUT2D eigenvalue weighted by Crippen LogP contribution is 2.28. The molecular formula is C12H16N4O3. The molecule has 0 spiro atoms. The zero-order valence-electron chi connectivity index (χ0n) is 10.6. The topological polar surface area (TPSA) is 96.7 Å². The van der Waals surface area contributed by atoms with Crippen molar-refractivity contribution in [3.8, 4) is 5.75 Å². The van der Waals surface area contributed by atoms with Crippen molar-refractivity contribution in [3.63, 3.8) is 0 Å². The van der Waals surface area contributed by atoms with Gasteiger partial charge in [-0.1, -0.05) is 6.07 Å². The summed E-state index contributed by atoms with van der Waals surface area (Å²) in [6, 6.07) is 5.23. The number of hydrogen-bond acceptors (Lipinski definition) is 4. The highest BCUT2D eigenvalue weighted by molar-refractivity contribution is 5.95. The van der Waals surface area contributed by atoms with Crippen LogP contribution in [-0.4, -0.2) is 37.0 Å². The van der Waals surface area contributed by atoms with Gasteiger partial charge in [0.2, 0.25) is 0 Å².